The van der Waals surface area contributed by atoms with Gasteiger partial charge in [-0.15, -0.1) is 0 Å². The van der Waals surface area contributed by atoms with Gasteiger partial charge in [0.05, 0.1) is 30.5 Å². The molecule has 1 aliphatic heterocycles. The Balaban J connectivity index is 1.69. The summed E-state index contributed by atoms with van der Waals surface area (Å²) in [6.07, 6.45) is 3.42. The highest BCUT2D eigenvalue weighted by molar-refractivity contribution is 5.38. The van der Waals surface area contributed by atoms with E-state index in [-0.39, 0.29) is 23.7 Å². The van der Waals surface area contributed by atoms with Crippen LogP contribution in [0.2, 0.25) is 0 Å². The van der Waals surface area contributed by atoms with Crippen LogP contribution in [0.1, 0.15) is 100 Å². The fourth-order valence-corrected chi connectivity index (χ4v) is 4.73. The van der Waals surface area contributed by atoms with Gasteiger partial charge in [-0.3, -0.25) is 0 Å². The summed E-state index contributed by atoms with van der Waals surface area (Å²) in [6, 6.07) is 3.37. The number of halogens is 3. The molecule has 170 valence electrons. The summed E-state index contributed by atoms with van der Waals surface area (Å²) in [5.41, 5.74) is 0.277. The van der Waals surface area contributed by atoms with Crippen LogP contribution in [0.15, 0.2) is 12.1 Å². The summed E-state index contributed by atoms with van der Waals surface area (Å²) >= 11 is 0. The Morgan fingerprint density at radius 3 is 2.27 bits per heavy atom. The Bertz CT molecular complexity index is 651. The molecule has 2 atom stereocenters. The Morgan fingerprint density at radius 1 is 0.967 bits per heavy atom. The molecule has 1 aliphatic carbocycles. The van der Waals surface area contributed by atoms with Crippen molar-refractivity contribution in [2.24, 2.45) is 0 Å². The lowest BCUT2D eigenvalue weighted by Gasteiger charge is -2.32. The van der Waals surface area contributed by atoms with Crippen LogP contribution in [0, 0.1) is 5.82 Å². The predicted octanol–water partition coefficient (Wildman–Crippen LogP) is 6.86. The number of alkyl halides is 2. The zero-order chi connectivity index (χ0) is 21.5. The average Bonchev–Trinajstić information content (AvgIpc) is 2.75. The van der Waals surface area contributed by atoms with E-state index >= 15 is 4.39 Å². The molecule has 0 amide bonds. The maximum absolute atomic E-state index is 15.3. The van der Waals surface area contributed by atoms with Gasteiger partial charge in [0.15, 0.2) is 0 Å². The van der Waals surface area contributed by atoms with Crippen molar-refractivity contribution < 1.29 is 27.4 Å². The molecule has 0 spiro atoms. The Morgan fingerprint density at radius 2 is 1.67 bits per heavy atom. The van der Waals surface area contributed by atoms with Crippen LogP contribution < -0.4 is 0 Å². The largest absolute Gasteiger partial charge is 0.379 e. The summed E-state index contributed by atoms with van der Waals surface area (Å²) < 4.78 is 60.3. The van der Waals surface area contributed by atoms with Crippen molar-refractivity contribution in [1.82, 2.24) is 0 Å². The van der Waals surface area contributed by atoms with Crippen LogP contribution in [0.3, 0.4) is 0 Å². The summed E-state index contributed by atoms with van der Waals surface area (Å²) in [6.45, 7) is 5.80. The van der Waals surface area contributed by atoms with Gasteiger partial charge >= 0.3 is 0 Å². The Kier molecular flexibility index (Phi) is 9.02. The molecule has 3 rings (SSSR count). The third-order valence-corrected chi connectivity index (χ3v) is 6.41. The Hall–Kier alpha value is -1.11. The average molecular weight is 429 g/mol. The third-order valence-electron chi connectivity index (χ3n) is 6.41. The lowest BCUT2D eigenvalue weighted by atomic mass is 9.80. The van der Waals surface area contributed by atoms with Gasteiger partial charge in [0.1, 0.15) is 5.82 Å². The smallest absolute Gasteiger partial charge is 0.266 e. The topological polar surface area (TPSA) is 27.7 Å². The van der Waals surface area contributed by atoms with Gasteiger partial charge in [0.25, 0.3) is 6.43 Å². The second-order valence-corrected chi connectivity index (χ2v) is 8.45. The molecular weight excluding hydrogens is 393 g/mol. The quantitative estimate of drug-likeness (QED) is 0.402. The first-order valence-electron chi connectivity index (χ1n) is 11.5. The van der Waals surface area contributed by atoms with Crippen LogP contribution in [0.25, 0.3) is 0 Å². The van der Waals surface area contributed by atoms with E-state index in [1.807, 2.05) is 6.92 Å². The van der Waals surface area contributed by atoms with Gasteiger partial charge < -0.3 is 14.2 Å². The molecule has 6 heteroatoms. The molecule has 0 aromatic heterocycles. The van der Waals surface area contributed by atoms with E-state index in [2.05, 4.69) is 6.92 Å². The van der Waals surface area contributed by atoms with E-state index in [1.165, 1.54) is 0 Å². The molecule has 30 heavy (non-hydrogen) atoms. The minimum Gasteiger partial charge on any atom is -0.379 e. The number of ether oxygens (including phenoxy) is 3. The van der Waals surface area contributed by atoms with E-state index in [0.29, 0.717) is 31.8 Å². The first-order valence-corrected chi connectivity index (χ1v) is 11.5. The van der Waals surface area contributed by atoms with Gasteiger partial charge in [-0.1, -0.05) is 25.5 Å². The zero-order valence-corrected chi connectivity index (χ0v) is 18.2. The molecule has 0 N–H and O–H groups in total. The van der Waals surface area contributed by atoms with Crippen molar-refractivity contribution in [2.45, 2.75) is 95.9 Å². The van der Waals surface area contributed by atoms with Crippen molar-refractivity contribution >= 4 is 0 Å². The van der Waals surface area contributed by atoms with E-state index in [9.17, 15) is 8.78 Å². The van der Waals surface area contributed by atoms with Gasteiger partial charge in [-0.25, -0.2) is 13.2 Å². The fraction of sp³-hybridized carbons (Fsp3) is 0.750. The van der Waals surface area contributed by atoms with Crippen LogP contribution in [0.5, 0.6) is 0 Å². The summed E-state index contributed by atoms with van der Waals surface area (Å²) in [5, 5.41) is 0. The van der Waals surface area contributed by atoms with Crippen molar-refractivity contribution in [2.75, 3.05) is 19.8 Å². The monoisotopic (exact) mass is 428 g/mol. The standard InChI is InChI=1S/C24H35F3O3/c1-3-5-14-29-18-10-13-21(30-15-18)20-12-11-19(22(23(20)25)24(26)27)16-6-8-17(9-7-16)28-4-2/h11-12,16-18,21,24H,3-10,13-15H2,1-2H3. The number of rotatable bonds is 9. The SMILES string of the molecule is CCCCOC1CCC(c2ccc(C3CCC(OCC)CC3)c(C(F)F)c2F)OC1. The van der Waals surface area contributed by atoms with Gasteiger partial charge in [-0.05, 0) is 63.4 Å². The van der Waals surface area contributed by atoms with Gasteiger partial charge in [0.2, 0.25) is 0 Å². The molecule has 0 radical (unpaired) electrons. The molecule has 1 aromatic rings. The molecule has 2 aliphatic rings. The lowest BCUT2D eigenvalue weighted by Crippen LogP contribution is -2.28. The van der Waals surface area contributed by atoms with E-state index in [4.69, 9.17) is 14.2 Å². The number of benzene rings is 1. The summed E-state index contributed by atoms with van der Waals surface area (Å²) in [5.74, 6) is -0.831. The third kappa shape index (κ3) is 5.77. The van der Waals surface area contributed by atoms with Gasteiger partial charge in [-0.2, -0.15) is 0 Å². The molecule has 0 bridgehead atoms. The molecule has 2 unspecified atom stereocenters. The lowest BCUT2D eigenvalue weighted by molar-refractivity contribution is -0.0881. The Labute approximate surface area is 178 Å². The minimum atomic E-state index is -2.83. The van der Waals surface area contributed by atoms with E-state index < -0.39 is 23.9 Å². The molecule has 2 fully saturated rings. The maximum Gasteiger partial charge on any atom is 0.266 e. The van der Waals surface area contributed by atoms with Crippen molar-refractivity contribution in [3.63, 3.8) is 0 Å². The van der Waals surface area contributed by atoms with Crippen molar-refractivity contribution in [1.29, 1.82) is 0 Å². The molecule has 1 aromatic carbocycles. The van der Waals surface area contributed by atoms with Crippen LogP contribution in [-0.4, -0.2) is 32.0 Å². The fourth-order valence-electron chi connectivity index (χ4n) is 4.73. The molecule has 3 nitrogen and oxygen atoms in total. The number of unbranched alkanes of at least 4 members (excludes halogenated alkanes) is 1. The molecule has 1 saturated heterocycles. The summed E-state index contributed by atoms with van der Waals surface area (Å²) in [7, 11) is 0. The number of hydrogen-bond donors (Lipinski definition) is 0. The first-order chi connectivity index (χ1) is 14.5. The van der Waals surface area contributed by atoms with E-state index in [1.54, 1.807) is 12.1 Å². The van der Waals surface area contributed by atoms with Crippen LogP contribution >= 0.6 is 0 Å². The zero-order valence-electron chi connectivity index (χ0n) is 18.2. The van der Waals surface area contributed by atoms with Crippen molar-refractivity contribution in [3.05, 3.63) is 34.6 Å². The van der Waals surface area contributed by atoms with Crippen LogP contribution in [0.4, 0.5) is 13.2 Å². The summed E-state index contributed by atoms with van der Waals surface area (Å²) in [4.78, 5) is 0. The highest BCUT2D eigenvalue weighted by Crippen LogP contribution is 2.42. The predicted molar refractivity (Wildman–Crippen MR) is 111 cm³/mol. The second kappa shape index (κ2) is 11.5. The maximum atomic E-state index is 15.3. The van der Waals surface area contributed by atoms with Gasteiger partial charge in [0, 0.05) is 18.8 Å². The molecular formula is C24H35F3O3. The first kappa shape index (κ1) is 23.6. The highest BCUT2D eigenvalue weighted by atomic mass is 19.3. The van der Waals surface area contributed by atoms with E-state index in [0.717, 1.165) is 44.9 Å². The molecule has 1 saturated carbocycles. The normalized spacial score (nSPS) is 27.5. The van der Waals surface area contributed by atoms with Crippen LogP contribution in [-0.2, 0) is 14.2 Å². The molecule has 1 heterocycles. The second-order valence-electron chi connectivity index (χ2n) is 8.45. The van der Waals surface area contributed by atoms with Crippen molar-refractivity contribution in [3.8, 4) is 0 Å². The minimum absolute atomic E-state index is 0.00484. The number of hydrogen-bond acceptors (Lipinski definition) is 3. The highest BCUT2D eigenvalue weighted by Gasteiger charge is 2.32.